The molecule has 4 aliphatic rings. The number of rotatable bonds is 10. The van der Waals surface area contributed by atoms with Crippen molar-refractivity contribution in [2.45, 2.75) is 88.8 Å². The zero-order chi connectivity index (χ0) is 36.7. The van der Waals surface area contributed by atoms with Gasteiger partial charge in [-0.1, -0.05) is 41.4 Å². The summed E-state index contributed by atoms with van der Waals surface area (Å²) in [6, 6.07) is 11.6. The lowest BCUT2D eigenvalue weighted by Gasteiger charge is -2.50. The van der Waals surface area contributed by atoms with Crippen LogP contribution in [0.15, 0.2) is 42.6 Å². The van der Waals surface area contributed by atoms with Gasteiger partial charge in [-0.3, -0.25) is 24.2 Å². The van der Waals surface area contributed by atoms with Gasteiger partial charge in [-0.25, -0.2) is 0 Å². The number of benzene rings is 2. The minimum absolute atomic E-state index is 0.00447. The standard InChI is InChI=1S/C39H49Cl2N5O6/c1-23-16-44(17-24(2)52-23)29-18-45(19-29)27-14-28(22-51-30-10-8-25(9-11-30)39(49)50)46(20-27)37(47)13-26-12-34(41)35(15-33(26)40)42-38(48)32-21-43(3)36-7-5-4-6-31(32)36/h4-7,12,15,21,23-25,27-30H,8-11,13-14,16-20,22H2,1-3H3,(H,42,48)(H,49,50)/t23-,24+,25-,27-,28-,30-/m0/s1. The summed E-state index contributed by atoms with van der Waals surface area (Å²) in [7, 11) is 1.90. The van der Waals surface area contributed by atoms with Gasteiger partial charge >= 0.3 is 5.97 Å². The van der Waals surface area contributed by atoms with Crippen LogP contribution in [0.1, 0.15) is 61.9 Å². The normalized spacial score (nSPS) is 27.5. The summed E-state index contributed by atoms with van der Waals surface area (Å²) in [6.07, 6.45) is 5.75. The van der Waals surface area contributed by atoms with E-state index in [1.807, 2.05) is 40.8 Å². The van der Waals surface area contributed by atoms with Gasteiger partial charge in [0.15, 0.2) is 0 Å². The average Bonchev–Trinajstić information content (AvgIpc) is 3.66. The van der Waals surface area contributed by atoms with E-state index >= 15 is 0 Å². The van der Waals surface area contributed by atoms with Crippen LogP contribution in [0.3, 0.4) is 0 Å². The minimum Gasteiger partial charge on any atom is -0.481 e. The molecule has 4 heterocycles. The Morgan fingerprint density at radius 1 is 0.923 bits per heavy atom. The molecule has 0 radical (unpaired) electrons. The molecule has 1 saturated carbocycles. The maximum absolute atomic E-state index is 14.1. The second kappa shape index (κ2) is 15.7. The number of amides is 2. The number of carboxylic acid groups (broad SMARTS) is 1. The molecule has 2 amide bonds. The quantitative estimate of drug-likeness (QED) is 0.271. The third-order valence-electron chi connectivity index (χ3n) is 11.5. The van der Waals surface area contributed by atoms with Crippen LogP contribution in [0.5, 0.6) is 0 Å². The number of hydrogen-bond acceptors (Lipinski definition) is 7. The predicted molar refractivity (Wildman–Crippen MR) is 201 cm³/mol. The van der Waals surface area contributed by atoms with Crippen LogP contribution in [-0.2, 0) is 32.5 Å². The van der Waals surface area contributed by atoms with Crippen molar-refractivity contribution in [3.8, 4) is 0 Å². The van der Waals surface area contributed by atoms with Crippen molar-refractivity contribution >= 4 is 57.6 Å². The first-order valence-electron chi connectivity index (χ1n) is 18.5. The van der Waals surface area contributed by atoms with Crippen LogP contribution in [0.2, 0.25) is 10.0 Å². The van der Waals surface area contributed by atoms with Crippen molar-refractivity contribution in [2.75, 3.05) is 44.6 Å². The summed E-state index contributed by atoms with van der Waals surface area (Å²) in [5.74, 6) is -1.39. The predicted octanol–water partition coefficient (Wildman–Crippen LogP) is 5.70. The zero-order valence-electron chi connectivity index (χ0n) is 30.1. The van der Waals surface area contributed by atoms with Crippen LogP contribution in [0.4, 0.5) is 5.69 Å². The number of likely N-dealkylation sites (tertiary alicyclic amines) is 2. The van der Waals surface area contributed by atoms with Crippen LogP contribution in [-0.4, -0.2) is 118 Å². The first-order chi connectivity index (χ1) is 24.9. The van der Waals surface area contributed by atoms with E-state index in [0.717, 1.165) is 43.5 Å². The van der Waals surface area contributed by atoms with Gasteiger partial charge in [0.05, 0.1) is 59.6 Å². The van der Waals surface area contributed by atoms with Gasteiger partial charge in [0.2, 0.25) is 5.91 Å². The van der Waals surface area contributed by atoms with Gasteiger partial charge in [0.1, 0.15) is 0 Å². The van der Waals surface area contributed by atoms with Crippen LogP contribution in [0, 0.1) is 5.92 Å². The van der Waals surface area contributed by atoms with Crippen LogP contribution < -0.4 is 5.32 Å². The first-order valence-corrected chi connectivity index (χ1v) is 19.3. The first kappa shape index (κ1) is 37.1. The molecule has 52 heavy (non-hydrogen) atoms. The zero-order valence-corrected chi connectivity index (χ0v) is 31.6. The Morgan fingerprint density at radius 2 is 1.62 bits per heavy atom. The third-order valence-corrected chi connectivity index (χ3v) is 12.2. The molecule has 7 rings (SSSR count). The van der Waals surface area contributed by atoms with Gasteiger partial charge in [-0.15, -0.1) is 0 Å². The molecule has 2 N–H and O–H groups in total. The highest BCUT2D eigenvalue weighted by atomic mass is 35.5. The van der Waals surface area contributed by atoms with Crippen molar-refractivity contribution in [2.24, 2.45) is 13.0 Å². The second-order valence-corrected chi connectivity index (χ2v) is 16.1. The molecule has 0 bridgehead atoms. The average molecular weight is 755 g/mol. The number of nitrogens with one attached hydrogen (secondary N) is 1. The molecule has 4 fully saturated rings. The largest absolute Gasteiger partial charge is 0.481 e. The van der Waals surface area contributed by atoms with E-state index in [1.54, 1.807) is 18.3 Å². The lowest BCUT2D eigenvalue weighted by Crippen LogP contribution is -2.65. The molecule has 2 aromatic carbocycles. The molecule has 3 saturated heterocycles. The number of para-hydroxylation sites is 1. The Labute approximate surface area is 315 Å². The highest BCUT2D eigenvalue weighted by Crippen LogP contribution is 2.34. The summed E-state index contributed by atoms with van der Waals surface area (Å²) in [5, 5.41) is 13.8. The molecule has 13 heteroatoms. The topological polar surface area (TPSA) is 117 Å². The number of nitrogens with zero attached hydrogens (tertiary/aromatic N) is 4. The van der Waals surface area contributed by atoms with Gasteiger partial charge in [-0.2, -0.15) is 0 Å². The third kappa shape index (κ3) is 8.00. The Bertz CT molecular complexity index is 1790. The number of fused-ring (bicyclic) bond motifs is 1. The van der Waals surface area contributed by atoms with Gasteiger partial charge in [-0.05, 0) is 69.7 Å². The Balaban J connectivity index is 1.01. The Hall–Kier alpha value is -3.19. The summed E-state index contributed by atoms with van der Waals surface area (Å²) in [6.45, 7) is 9.08. The highest BCUT2D eigenvalue weighted by molar-refractivity contribution is 6.36. The number of morpholine rings is 1. The van der Waals surface area contributed by atoms with E-state index in [0.29, 0.717) is 71.7 Å². The number of aryl methyl sites for hydroxylation is 1. The van der Waals surface area contributed by atoms with Crippen molar-refractivity contribution in [1.29, 1.82) is 0 Å². The van der Waals surface area contributed by atoms with Crippen LogP contribution in [0.25, 0.3) is 10.9 Å². The highest BCUT2D eigenvalue weighted by Gasteiger charge is 2.44. The van der Waals surface area contributed by atoms with Crippen molar-refractivity contribution < 1.29 is 29.0 Å². The van der Waals surface area contributed by atoms with Gasteiger partial charge in [0.25, 0.3) is 5.91 Å². The molecule has 1 aliphatic carbocycles. The maximum Gasteiger partial charge on any atom is 0.306 e. The van der Waals surface area contributed by atoms with Crippen molar-refractivity contribution in [3.63, 3.8) is 0 Å². The van der Waals surface area contributed by atoms with Crippen molar-refractivity contribution in [1.82, 2.24) is 19.3 Å². The number of anilines is 1. The molecular weight excluding hydrogens is 705 g/mol. The summed E-state index contributed by atoms with van der Waals surface area (Å²) in [5.41, 5.74) is 2.44. The number of halogens is 2. The lowest BCUT2D eigenvalue weighted by molar-refractivity contribution is -0.144. The molecule has 11 nitrogen and oxygen atoms in total. The van der Waals surface area contributed by atoms with E-state index in [4.69, 9.17) is 32.7 Å². The van der Waals surface area contributed by atoms with E-state index in [2.05, 4.69) is 29.0 Å². The molecule has 3 aliphatic heterocycles. The van der Waals surface area contributed by atoms with Gasteiger partial charge in [0, 0.05) is 74.0 Å². The van der Waals surface area contributed by atoms with Crippen molar-refractivity contribution in [3.05, 3.63) is 63.8 Å². The lowest BCUT2D eigenvalue weighted by atomic mass is 9.87. The van der Waals surface area contributed by atoms with E-state index < -0.39 is 5.97 Å². The van der Waals surface area contributed by atoms with E-state index in [9.17, 15) is 19.5 Å². The molecule has 3 aromatic rings. The second-order valence-electron chi connectivity index (χ2n) is 15.3. The number of aromatic nitrogens is 1. The molecule has 1 aromatic heterocycles. The fourth-order valence-corrected chi connectivity index (χ4v) is 9.14. The fourth-order valence-electron chi connectivity index (χ4n) is 8.67. The van der Waals surface area contributed by atoms with E-state index in [1.165, 1.54) is 0 Å². The molecule has 4 atom stereocenters. The fraction of sp³-hybridized carbons (Fsp3) is 0.564. The number of aliphatic carboxylic acids is 1. The summed E-state index contributed by atoms with van der Waals surface area (Å²) < 4.78 is 14.2. The number of ether oxygens (including phenoxy) is 2. The Kier molecular flexibility index (Phi) is 11.2. The number of carboxylic acids is 1. The van der Waals surface area contributed by atoms with E-state index in [-0.39, 0.29) is 54.5 Å². The molecular formula is C39H49Cl2N5O6. The van der Waals surface area contributed by atoms with Gasteiger partial charge < -0.3 is 29.4 Å². The van der Waals surface area contributed by atoms with Crippen LogP contribution >= 0.6 is 23.2 Å². The molecule has 0 unspecified atom stereocenters. The SMILES string of the molecule is C[C@@H]1CN(C2CN([C@H]3C[C@@H](CO[C@H]4CC[C@H](C(=O)O)CC4)N(C(=O)Cc4cc(Cl)c(NC(=O)c5cn(C)c6ccccc56)cc4Cl)C3)C2)C[C@H](C)O1. The number of carbonyl (C=O) groups is 3. The number of hydrogen-bond donors (Lipinski definition) is 2. The molecule has 0 spiro atoms. The monoisotopic (exact) mass is 753 g/mol. The Morgan fingerprint density at radius 3 is 2.33 bits per heavy atom. The maximum atomic E-state index is 14.1. The summed E-state index contributed by atoms with van der Waals surface area (Å²) in [4.78, 5) is 45.8. The summed E-state index contributed by atoms with van der Waals surface area (Å²) >= 11 is 13.5. The molecule has 280 valence electrons. The number of carbonyl (C=O) groups excluding carboxylic acids is 2. The minimum atomic E-state index is -0.735. The smallest absolute Gasteiger partial charge is 0.306 e.